The average Bonchev–Trinajstić information content (AvgIpc) is 2.78. The van der Waals surface area contributed by atoms with Crippen LogP contribution in [0.3, 0.4) is 0 Å². The van der Waals surface area contributed by atoms with E-state index in [1.807, 2.05) is 30.3 Å². The normalized spacial score (nSPS) is 10.5. The summed E-state index contributed by atoms with van der Waals surface area (Å²) in [5.74, 6) is 2.55. The van der Waals surface area contributed by atoms with Gasteiger partial charge in [-0.3, -0.25) is 9.59 Å². The van der Waals surface area contributed by atoms with Crippen LogP contribution < -0.4 is 20.2 Å². The molecule has 3 aromatic rings. The lowest BCUT2D eigenvalue weighted by molar-refractivity contribution is -0.126. The Kier molecular flexibility index (Phi) is 7.22. The molecule has 0 atom stereocenters. The number of hydrazone groups is 1. The molecule has 0 aromatic heterocycles. The van der Waals surface area contributed by atoms with Crippen molar-refractivity contribution in [1.29, 1.82) is 0 Å². The van der Waals surface area contributed by atoms with Crippen LogP contribution in [0, 0.1) is 12.3 Å². The summed E-state index contributed by atoms with van der Waals surface area (Å²) in [5, 5.41) is 8.51. The van der Waals surface area contributed by atoms with Crippen molar-refractivity contribution in [2.45, 2.75) is 6.42 Å². The Morgan fingerprint density at radius 3 is 2.74 bits per heavy atom. The van der Waals surface area contributed by atoms with E-state index in [-0.39, 0.29) is 13.0 Å². The number of carbonyl (C=O) groups is 2. The third-order valence-corrected chi connectivity index (χ3v) is 4.30. The Morgan fingerprint density at radius 1 is 1.10 bits per heavy atom. The second kappa shape index (κ2) is 10.5. The van der Waals surface area contributed by atoms with Gasteiger partial charge in [-0.25, -0.2) is 5.43 Å². The molecule has 0 saturated heterocycles. The Hall–Kier alpha value is -4.31. The van der Waals surface area contributed by atoms with E-state index in [0.29, 0.717) is 22.7 Å². The van der Waals surface area contributed by atoms with Crippen LogP contribution in [0.25, 0.3) is 10.8 Å². The molecule has 2 amide bonds. The summed E-state index contributed by atoms with van der Waals surface area (Å²) in [5.41, 5.74) is 3.58. The molecule has 0 aliphatic rings. The average molecular weight is 415 g/mol. The fourth-order valence-electron chi connectivity index (χ4n) is 2.91. The van der Waals surface area contributed by atoms with Crippen LogP contribution >= 0.6 is 0 Å². The van der Waals surface area contributed by atoms with E-state index in [0.717, 1.165) is 10.8 Å². The highest BCUT2D eigenvalue weighted by Crippen LogP contribution is 2.26. The number of hydrogen-bond donors (Lipinski definition) is 2. The second-order valence-electron chi connectivity index (χ2n) is 6.44. The van der Waals surface area contributed by atoms with Gasteiger partial charge < -0.3 is 14.8 Å². The number of ether oxygens (including phenoxy) is 2. The number of nitrogens with zero attached hydrogens (tertiary/aromatic N) is 1. The predicted molar refractivity (Wildman–Crippen MR) is 120 cm³/mol. The van der Waals surface area contributed by atoms with Gasteiger partial charge in [-0.15, -0.1) is 6.42 Å². The molecular weight excluding hydrogens is 394 g/mol. The molecule has 0 aliphatic heterocycles. The van der Waals surface area contributed by atoms with Crippen molar-refractivity contribution in [3.05, 3.63) is 66.2 Å². The molecule has 3 rings (SSSR count). The molecule has 156 valence electrons. The summed E-state index contributed by atoms with van der Waals surface area (Å²) in [4.78, 5) is 24.2. The molecule has 7 heteroatoms. The Labute approximate surface area is 180 Å². The van der Waals surface area contributed by atoms with Gasteiger partial charge in [-0.1, -0.05) is 42.3 Å². The van der Waals surface area contributed by atoms with Gasteiger partial charge in [0.25, 0.3) is 0 Å². The first-order chi connectivity index (χ1) is 15.1. The minimum Gasteiger partial charge on any atom is -0.497 e. The molecule has 3 aromatic carbocycles. The van der Waals surface area contributed by atoms with E-state index in [1.165, 1.54) is 13.3 Å². The van der Waals surface area contributed by atoms with Crippen LogP contribution in [-0.4, -0.2) is 31.7 Å². The molecule has 0 unspecified atom stereocenters. The highest BCUT2D eigenvalue weighted by Gasteiger charge is 2.10. The monoisotopic (exact) mass is 415 g/mol. The molecule has 31 heavy (non-hydrogen) atoms. The molecule has 0 saturated carbocycles. The van der Waals surface area contributed by atoms with Crippen LogP contribution in [-0.2, 0) is 9.59 Å². The summed E-state index contributed by atoms with van der Waals surface area (Å²) < 4.78 is 10.7. The molecule has 0 aliphatic carbocycles. The van der Waals surface area contributed by atoms with E-state index in [2.05, 4.69) is 21.8 Å². The zero-order chi connectivity index (χ0) is 22.1. The lowest BCUT2D eigenvalue weighted by atomic mass is 10.0. The first kappa shape index (κ1) is 21.4. The summed E-state index contributed by atoms with van der Waals surface area (Å²) in [6.07, 6.45) is 6.38. The molecule has 0 bridgehead atoms. The van der Waals surface area contributed by atoms with E-state index in [4.69, 9.17) is 15.9 Å². The standard InChI is InChI=1S/C24H21N3O4/c1-3-13-31-22-12-11-17-7-4-5-10-20(17)21(22)16-25-27-24(29)15-23(28)26-18-8-6-9-19(14-18)30-2/h1,4-12,14,16H,13,15H2,2H3,(H,26,28)(H,27,29). The summed E-state index contributed by atoms with van der Waals surface area (Å²) in [6, 6.07) is 18.3. The Balaban J connectivity index is 1.65. The van der Waals surface area contributed by atoms with Crippen molar-refractivity contribution in [3.63, 3.8) is 0 Å². The fraction of sp³-hybridized carbons (Fsp3) is 0.125. The molecule has 0 heterocycles. The lowest BCUT2D eigenvalue weighted by Gasteiger charge is -2.10. The van der Waals surface area contributed by atoms with Gasteiger partial charge >= 0.3 is 0 Å². The minimum absolute atomic E-state index is 0.107. The molecular formula is C24H21N3O4. The second-order valence-corrected chi connectivity index (χ2v) is 6.44. The zero-order valence-corrected chi connectivity index (χ0v) is 16.9. The third-order valence-electron chi connectivity index (χ3n) is 4.30. The number of nitrogens with one attached hydrogen (secondary N) is 2. The van der Waals surface area contributed by atoms with Crippen molar-refractivity contribution in [1.82, 2.24) is 5.43 Å². The third kappa shape index (κ3) is 5.84. The SMILES string of the molecule is C#CCOc1ccc2ccccc2c1C=NNC(=O)CC(=O)Nc1cccc(OC)c1. The van der Waals surface area contributed by atoms with E-state index >= 15 is 0 Å². The van der Waals surface area contributed by atoms with E-state index < -0.39 is 11.8 Å². The van der Waals surface area contributed by atoms with Crippen LogP contribution in [0.4, 0.5) is 5.69 Å². The number of benzene rings is 3. The molecule has 0 spiro atoms. The van der Waals surface area contributed by atoms with E-state index in [1.54, 1.807) is 30.3 Å². The minimum atomic E-state index is -0.553. The quantitative estimate of drug-likeness (QED) is 0.256. The van der Waals surface area contributed by atoms with Crippen molar-refractivity contribution in [2.75, 3.05) is 19.0 Å². The lowest BCUT2D eigenvalue weighted by Crippen LogP contribution is -2.24. The fourth-order valence-corrected chi connectivity index (χ4v) is 2.91. The highest BCUT2D eigenvalue weighted by atomic mass is 16.5. The number of anilines is 1. The van der Waals surface area contributed by atoms with Crippen LogP contribution in [0.1, 0.15) is 12.0 Å². The number of carbonyl (C=O) groups excluding carboxylic acids is 2. The van der Waals surface area contributed by atoms with Gasteiger partial charge in [0, 0.05) is 17.3 Å². The van der Waals surface area contributed by atoms with Gasteiger partial charge in [0.05, 0.1) is 13.3 Å². The molecule has 2 N–H and O–H groups in total. The van der Waals surface area contributed by atoms with Gasteiger partial charge in [0.1, 0.15) is 24.5 Å². The van der Waals surface area contributed by atoms with Gasteiger partial charge in [-0.2, -0.15) is 5.10 Å². The number of hydrogen-bond acceptors (Lipinski definition) is 5. The number of methoxy groups -OCH3 is 1. The van der Waals surface area contributed by atoms with Gasteiger partial charge in [-0.05, 0) is 29.0 Å². The molecule has 0 fully saturated rings. The Morgan fingerprint density at radius 2 is 1.94 bits per heavy atom. The van der Waals surface area contributed by atoms with Crippen LogP contribution in [0.15, 0.2) is 65.8 Å². The smallest absolute Gasteiger partial charge is 0.249 e. The highest BCUT2D eigenvalue weighted by molar-refractivity contribution is 6.05. The first-order valence-corrected chi connectivity index (χ1v) is 9.44. The van der Waals surface area contributed by atoms with Gasteiger partial charge in [0.2, 0.25) is 11.8 Å². The molecule has 7 nitrogen and oxygen atoms in total. The first-order valence-electron chi connectivity index (χ1n) is 9.44. The zero-order valence-electron chi connectivity index (χ0n) is 16.9. The maximum Gasteiger partial charge on any atom is 0.249 e. The van der Waals surface area contributed by atoms with E-state index in [9.17, 15) is 9.59 Å². The maximum absolute atomic E-state index is 12.1. The number of amides is 2. The number of fused-ring (bicyclic) bond motifs is 1. The van der Waals surface area contributed by atoms with Crippen LogP contribution in [0.2, 0.25) is 0 Å². The van der Waals surface area contributed by atoms with Crippen molar-refractivity contribution in [2.24, 2.45) is 5.10 Å². The predicted octanol–water partition coefficient (Wildman–Crippen LogP) is 3.34. The van der Waals surface area contributed by atoms with Gasteiger partial charge in [0.15, 0.2) is 0 Å². The van der Waals surface area contributed by atoms with Crippen molar-refractivity contribution < 1.29 is 19.1 Å². The Bertz CT molecular complexity index is 1160. The van der Waals surface area contributed by atoms with Crippen molar-refractivity contribution in [3.8, 4) is 23.8 Å². The largest absolute Gasteiger partial charge is 0.497 e. The topological polar surface area (TPSA) is 89.0 Å². The molecule has 0 radical (unpaired) electrons. The number of terminal acetylenes is 1. The van der Waals surface area contributed by atoms with Crippen LogP contribution in [0.5, 0.6) is 11.5 Å². The summed E-state index contributed by atoms with van der Waals surface area (Å²) in [6.45, 7) is 0.107. The van der Waals surface area contributed by atoms with Crippen molar-refractivity contribution >= 4 is 34.5 Å². The maximum atomic E-state index is 12.1. The summed E-state index contributed by atoms with van der Waals surface area (Å²) in [7, 11) is 1.53. The summed E-state index contributed by atoms with van der Waals surface area (Å²) >= 11 is 0. The number of rotatable bonds is 8.